The molecule has 0 aromatic carbocycles. The smallest absolute Gasteiger partial charge is 0.323 e. The van der Waals surface area contributed by atoms with E-state index in [0.29, 0.717) is 5.76 Å². The number of methoxy groups -OCH3 is 1. The normalized spacial score (nSPS) is 14.9. The fourth-order valence-electron chi connectivity index (χ4n) is 1.22. The molecule has 0 amide bonds. The van der Waals surface area contributed by atoms with E-state index in [1.54, 1.807) is 0 Å². The Kier molecular flexibility index (Phi) is 3.30. The molecule has 1 rings (SSSR count). The minimum Gasteiger partial charge on any atom is -0.468 e. The molecule has 0 radical (unpaired) electrons. The van der Waals surface area contributed by atoms with Crippen molar-refractivity contribution in [3.05, 3.63) is 23.7 Å². The van der Waals surface area contributed by atoms with Crippen molar-refractivity contribution >= 4 is 5.97 Å². The second-order valence-electron chi connectivity index (χ2n) is 3.29. The number of hydrogen-bond donors (Lipinski definition) is 1. The topological polar surface area (TPSA) is 65.5 Å². The summed E-state index contributed by atoms with van der Waals surface area (Å²) in [6.45, 7) is 3.68. The Morgan fingerprint density at radius 2 is 2.21 bits per heavy atom. The minimum absolute atomic E-state index is 0.170. The van der Waals surface area contributed by atoms with E-state index in [9.17, 15) is 4.79 Å². The lowest BCUT2D eigenvalue weighted by Gasteiger charge is -2.14. The molecule has 0 aliphatic heterocycles. The predicted molar refractivity (Wildman–Crippen MR) is 51.9 cm³/mol. The number of esters is 1. The average Bonchev–Trinajstić information content (AvgIpc) is 2.61. The van der Waals surface area contributed by atoms with Crippen LogP contribution in [-0.2, 0) is 9.53 Å². The molecule has 2 unspecified atom stereocenters. The molecule has 1 heterocycles. The molecule has 1 aromatic rings. The van der Waals surface area contributed by atoms with Gasteiger partial charge in [-0.1, -0.05) is 6.92 Å². The number of hydrogen-bond acceptors (Lipinski definition) is 4. The lowest BCUT2D eigenvalue weighted by Crippen LogP contribution is -2.36. The van der Waals surface area contributed by atoms with Gasteiger partial charge in [0.2, 0.25) is 0 Å². The summed E-state index contributed by atoms with van der Waals surface area (Å²) in [6.07, 6.45) is 0. The molecular formula is C10H15NO3. The highest BCUT2D eigenvalue weighted by atomic mass is 16.5. The number of carbonyl (C=O) groups excluding carboxylic acids is 1. The number of ether oxygens (including phenoxy) is 1. The van der Waals surface area contributed by atoms with Gasteiger partial charge in [0.05, 0.1) is 7.11 Å². The van der Waals surface area contributed by atoms with Crippen LogP contribution in [0.4, 0.5) is 0 Å². The zero-order chi connectivity index (χ0) is 10.7. The number of aryl methyl sites for hydroxylation is 1. The van der Waals surface area contributed by atoms with Gasteiger partial charge in [-0.15, -0.1) is 0 Å². The van der Waals surface area contributed by atoms with Crippen molar-refractivity contribution < 1.29 is 13.9 Å². The Morgan fingerprint density at radius 3 is 2.64 bits per heavy atom. The van der Waals surface area contributed by atoms with Crippen LogP contribution in [0.3, 0.4) is 0 Å². The standard InChI is InChI=1S/C10H15NO3/c1-6-4-5-8(14-6)7(2)9(11)10(12)13-3/h4-5,7,9H,11H2,1-3H3. The first-order chi connectivity index (χ1) is 6.56. The van der Waals surface area contributed by atoms with E-state index in [-0.39, 0.29) is 5.92 Å². The Balaban J connectivity index is 2.74. The van der Waals surface area contributed by atoms with Crippen LogP contribution in [0, 0.1) is 6.92 Å². The van der Waals surface area contributed by atoms with Gasteiger partial charge in [-0.25, -0.2) is 0 Å². The fraction of sp³-hybridized carbons (Fsp3) is 0.500. The lowest BCUT2D eigenvalue weighted by atomic mass is 10.0. The maximum Gasteiger partial charge on any atom is 0.323 e. The third-order valence-corrected chi connectivity index (χ3v) is 2.22. The van der Waals surface area contributed by atoms with Crippen molar-refractivity contribution in [2.75, 3.05) is 7.11 Å². The summed E-state index contributed by atoms with van der Waals surface area (Å²) in [5.74, 6) is 0.923. The van der Waals surface area contributed by atoms with Crippen molar-refractivity contribution in [2.45, 2.75) is 25.8 Å². The maximum atomic E-state index is 11.1. The molecule has 0 aliphatic carbocycles. The average molecular weight is 197 g/mol. The molecule has 0 spiro atoms. The number of nitrogens with two attached hydrogens (primary N) is 1. The first-order valence-electron chi connectivity index (χ1n) is 4.46. The van der Waals surface area contributed by atoms with Crippen LogP contribution in [-0.4, -0.2) is 19.1 Å². The van der Waals surface area contributed by atoms with Crippen molar-refractivity contribution in [3.63, 3.8) is 0 Å². The van der Waals surface area contributed by atoms with Gasteiger partial charge in [0, 0.05) is 5.92 Å². The minimum atomic E-state index is -0.675. The summed E-state index contributed by atoms with van der Waals surface area (Å²) in [4.78, 5) is 11.1. The predicted octanol–water partition coefficient (Wildman–Crippen LogP) is 1.19. The molecule has 1 aromatic heterocycles. The summed E-state index contributed by atoms with van der Waals surface area (Å²) in [5, 5.41) is 0. The van der Waals surface area contributed by atoms with E-state index >= 15 is 0 Å². The summed E-state index contributed by atoms with van der Waals surface area (Å²) >= 11 is 0. The van der Waals surface area contributed by atoms with Gasteiger partial charge < -0.3 is 14.9 Å². The Bertz CT molecular complexity index is 319. The SMILES string of the molecule is COC(=O)C(N)C(C)c1ccc(C)o1. The van der Waals surface area contributed by atoms with E-state index in [1.165, 1.54) is 7.11 Å². The molecule has 0 saturated heterocycles. The molecule has 0 fully saturated rings. The highest BCUT2D eigenvalue weighted by Crippen LogP contribution is 2.20. The van der Waals surface area contributed by atoms with Crippen LogP contribution in [0.5, 0.6) is 0 Å². The van der Waals surface area contributed by atoms with Gasteiger partial charge in [-0.05, 0) is 19.1 Å². The van der Waals surface area contributed by atoms with Crippen molar-refractivity contribution in [2.24, 2.45) is 5.73 Å². The molecule has 0 saturated carbocycles. The summed E-state index contributed by atoms with van der Waals surface area (Å²) < 4.78 is 9.93. The molecule has 2 N–H and O–H groups in total. The Labute approximate surface area is 83.0 Å². The van der Waals surface area contributed by atoms with Gasteiger partial charge in [-0.2, -0.15) is 0 Å². The second-order valence-corrected chi connectivity index (χ2v) is 3.29. The van der Waals surface area contributed by atoms with Crippen LogP contribution in [0.1, 0.15) is 24.4 Å². The van der Waals surface area contributed by atoms with Gasteiger partial charge in [0.25, 0.3) is 0 Å². The summed E-state index contributed by atoms with van der Waals surface area (Å²) in [6, 6.07) is 2.99. The molecule has 4 nitrogen and oxygen atoms in total. The summed E-state index contributed by atoms with van der Waals surface area (Å²) in [5.41, 5.74) is 5.68. The molecule has 0 aliphatic rings. The van der Waals surface area contributed by atoms with Gasteiger partial charge in [-0.3, -0.25) is 4.79 Å². The molecule has 2 atom stereocenters. The van der Waals surface area contributed by atoms with Crippen LogP contribution in [0.25, 0.3) is 0 Å². The summed E-state index contributed by atoms with van der Waals surface area (Å²) in [7, 11) is 1.32. The first kappa shape index (κ1) is 10.8. The lowest BCUT2D eigenvalue weighted by molar-refractivity contribution is -0.142. The van der Waals surface area contributed by atoms with Gasteiger partial charge >= 0.3 is 5.97 Å². The van der Waals surface area contributed by atoms with Crippen LogP contribution >= 0.6 is 0 Å². The van der Waals surface area contributed by atoms with Crippen molar-refractivity contribution in [1.82, 2.24) is 0 Å². The van der Waals surface area contributed by atoms with Gasteiger partial charge in [0.1, 0.15) is 17.6 Å². The Hall–Kier alpha value is -1.29. The van der Waals surface area contributed by atoms with Crippen molar-refractivity contribution in [1.29, 1.82) is 0 Å². The largest absolute Gasteiger partial charge is 0.468 e. The number of furan rings is 1. The zero-order valence-electron chi connectivity index (χ0n) is 8.61. The molecule has 78 valence electrons. The highest BCUT2D eigenvalue weighted by Gasteiger charge is 2.24. The van der Waals surface area contributed by atoms with Crippen LogP contribution < -0.4 is 5.73 Å². The van der Waals surface area contributed by atoms with E-state index in [2.05, 4.69) is 4.74 Å². The molecule has 14 heavy (non-hydrogen) atoms. The quantitative estimate of drug-likeness (QED) is 0.739. The van der Waals surface area contributed by atoms with E-state index in [1.807, 2.05) is 26.0 Å². The molecular weight excluding hydrogens is 182 g/mol. The van der Waals surface area contributed by atoms with Crippen molar-refractivity contribution in [3.8, 4) is 0 Å². The fourth-order valence-corrected chi connectivity index (χ4v) is 1.22. The van der Waals surface area contributed by atoms with Crippen LogP contribution in [0.15, 0.2) is 16.5 Å². The Morgan fingerprint density at radius 1 is 1.57 bits per heavy atom. The second kappa shape index (κ2) is 4.28. The molecule has 0 bridgehead atoms. The highest BCUT2D eigenvalue weighted by molar-refractivity contribution is 5.76. The number of carbonyl (C=O) groups is 1. The maximum absolute atomic E-state index is 11.1. The van der Waals surface area contributed by atoms with E-state index in [4.69, 9.17) is 10.2 Å². The zero-order valence-corrected chi connectivity index (χ0v) is 8.61. The first-order valence-corrected chi connectivity index (χ1v) is 4.46. The third kappa shape index (κ3) is 2.14. The molecule has 4 heteroatoms. The number of rotatable bonds is 3. The van der Waals surface area contributed by atoms with E-state index in [0.717, 1.165) is 5.76 Å². The third-order valence-electron chi connectivity index (χ3n) is 2.22. The van der Waals surface area contributed by atoms with Crippen LogP contribution in [0.2, 0.25) is 0 Å². The van der Waals surface area contributed by atoms with E-state index < -0.39 is 12.0 Å². The van der Waals surface area contributed by atoms with Gasteiger partial charge in [0.15, 0.2) is 0 Å². The monoisotopic (exact) mass is 197 g/mol.